The molecular weight excluding hydrogens is 252 g/mol. The average molecular weight is 276 g/mol. The van der Waals surface area contributed by atoms with E-state index in [-0.39, 0.29) is 18.2 Å². The van der Waals surface area contributed by atoms with Crippen LogP contribution in [0.1, 0.15) is 37.8 Å². The number of benzene rings is 1. The first-order valence-corrected chi connectivity index (χ1v) is 7.06. The third kappa shape index (κ3) is 6.92. The van der Waals surface area contributed by atoms with Crippen LogP contribution in [0.3, 0.4) is 0 Å². The highest BCUT2D eigenvalue weighted by atomic mass is 16.2. The van der Waals surface area contributed by atoms with Gasteiger partial charge >= 0.3 is 0 Å². The first kappa shape index (κ1) is 16.2. The standard InChI is InChI=1S/C16H24N2O2/c1-12(2)7-8-17-15(19)10-16(20)18-11-14-6-4-5-13(3)9-14/h4-6,9,12H,7-8,10-11H2,1-3H3,(H,17,19)(H,18,20). The second kappa shape index (κ2) is 8.35. The molecule has 0 aliphatic carbocycles. The molecule has 2 amide bonds. The number of hydrogen-bond donors (Lipinski definition) is 2. The maximum absolute atomic E-state index is 11.6. The van der Waals surface area contributed by atoms with E-state index >= 15 is 0 Å². The fourth-order valence-electron chi connectivity index (χ4n) is 1.79. The van der Waals surface area contributed by atoms with Crippen LogP contribution in [0.4, 0.5) is 0 Å². The summed E-state index contributed by atoms with van der Waals surface area (Å²) in [4.78, 5) is 23.2. The Kier molecular flexibility index (Phi) is 6.77. The van der Waals surface area contributed by atoms with Crippen molar-refractivity contribution in [2.45, 2.75) is 40.2 Å². The molecule has 4 heteroatoms. The van der Waals surface area contributed by atoms with Gasteiger partial charge in [0, 0.05) is 13.1 Å². The van der Waals surface area contributed by atoms with Crippen molar-refractivity contribution in [3.05, 3.63) is 35.4 Å². The van der Waals surface area contributed by atoms with Crippen molar-refractivity contribution in [3.63, 3.8) is 0 Å². The van der Waals surface area contributed by atoms with Crippen LogP contribution in [0.15, 0.2) is 24.3 Å². The van der Waals surface area contributed by atoms with Crippen LogP contribution in [0.5, 0.6) is 0 Å². The molecule has 0 radical (unpaired) electrons. The first-order chi connectivity index (χ1) is 9.47. The molecule has 1 aromatic carbocycles. The number of carbonyl (C=O) groups is 2. The second-order valence-electron chi connectivity index (χ2n) is 5.48. The summed E-state index contributed by atoms with van der Waals surface area (Å²) in [6, 6.07) is 7.93. The minimum absolute atomic E-state index is 0.107. The lowest BCUT2D eigenvalue weighted by molar-refractivity contribution is -0.129. The molecule has 0 unspecified atom stereocenters. The summed E-state index contributed by atoms with van der Waals surface area (Å²) in [7, 11) is 0. The molecule has 0 heterocycles. The molecular formula is C16H24N2O2. The van der Waals surface area contributed by atoms with Gasteiger partial charge in [-0.2, -0.15) is 0 Å². The van der Waals surface area contributed by atoms with Gasteiger partial charge < -0.3 is 10.6 Å². The molecule has 110 valence electrons. The molecule has 0 spiro atoms. The molecule has 2 N–H and O–H groups in total. The van der Waals surface area contributed by atoms with E-state index in [1.54, 1.807) is 0 Å². The Morgan fingerprint density at radius 3 is 2.50 bits per heavy atom. The van der Waals surface area contributed by atoms with Crippen LogP contribution in [-0.4, -0.2) is 18.4 Å². The molecule has 4 nitrogen and oxygen atoms in total. The lowest BCUT2D eigenvalue weighted by Crippen LogP contribution is -2.32. The third-order valence-corrected chi connectivity index (χ3v) is 2.94. The maximum atomic E-state index is 11.6. The second-order valence-corrected chi connectivity index (χ2v) is 5.48. The fraction of sp³-hybridized carbons (Fsp3) is 0.500. The Labute approximate surface area is 121 Å². The van der Waals surface area contributed by atoms with Gasteiger partial charge in [0.15, 0.2) is 0 Å². The van der Waals surface area contributed by atoms with Gasteiger partial charge in [-0.05, 0) is 24.8 Å². The van der Waals surface area contributed by atoms with Crippen LogP contribution in [0, 0.1) is 12.8 Å². The molecule has 20 heavy (non-hydrogen) atoms. The van der Waals surface area contributed by atoms with Crippen LogP contribution >= 0.6 is 0 Å². The van der Waals surface area contributed by atoms with E-state index < -0.39 is 0 Å². The smallest absolute Gasteiger partial charge is 0.229 e. The van der Waals surface area contributed by atoms with Crippen LogP contribution in [0.2, 0.25) is 0 Å². The predicted molar refractivity (Wildman–Crippen MR) is 80.1 cm³/mol. The molecule has 0 aromatic heterocycles. The zero-order valence-electron chi connectivity index (χ0n) is 12.5. The largest absolute Gasteiger partial charge is 0.356 e. The van der Waals surface area contributed by atoms with Crippen molar-refractivity contribution in [3.8, 4) is 0 Å². The van der Waals surface area contributed by atoms with E-state index in [1.807, 2.05) is 31.2 Å². The lowest BCUT2D eigenvalue weighted by Gasteiger charge is -2.08. The lowest BCUT2D eigenvalue weighted by atomic mass is 10.1. The highest BCUT2D eigenvalue weighted by molar-refractivity contribution is 5.96. The van der Waals surface area contributed by atoms with Crippen molar-refractivity contribution in [1.29, 1.82) is 0 Å². The average Bonchev–Trinajstić information content (AvgIpc) is 2.36. The zero-order chi connectivity index (χ0) is 15.0. The number of hydrogen-bond acceptors (Lipinski definition) is 2. The summed E-state index contributed by atoms with van der Waals surface area (Å²) < 4.78 is 0. The van der Waals surface area contributed by atoms with Crippen molar-refractivity contribution in [1.82, 2.24) is 10.6 Å². The SMILES string of the molecule is Cc1cccc(CNC(=O)CC(=O)NCCC(C)C)c1. The quantitative estimate of drug-likeness (QED) is 0.750. The molecule has 1 rings (SSSR count). The van der Waals surface area contributed by atoms with Crippen molar-refractivity contribution in [2.75, 3.05) is 6.54 Å². The van der Waals surface area contributed by atoms with Gasteiger partial charge in [-0.1, -0.05) is 43.7 Å². The van der Waals surface area contributed by atoms with Crippen LogP contribution < -0.4 is 10.6 Å². The van der Waals surface area contributed by atoms with E-state index in [1.165, 1.54) is 0 Å². The van der Waals surface area contributed by atoms with E-state index in [4.69, 9.17) is 0 Å². The topological polar surface area (TPSA) is 58.2 Å². The van der Waals surface area contributed by atoms with E-state index in [9.17, 15) is 9.59 Å². The molecule has 0 atom stereocenters. The molecule has 0 saturated heterocycles. The maximum Gasteiger partial charge on any atom is 0.229 e. The van der Waals surface area contributed by atoms with E-state index in [2.05, 4.69) is 24.5 Å². The van der Waals surface area contributed by atoms with Crippen molar-refractivity contribution in [2.24, 2.45) is 5.92 Å². The summed E-state index contributed by atoms with van der Waals surface area (Å²) in [6.45, 7) is 7.29. The number of rotatable bonds is 7. The fourth-order valence-corrected chi connectivity index (χ4v) is 1.79. The molecule has 0 aliphatic heterocycles. The van der Waals surface area contributed by atoms with E-state index in [0.29, 0.717) is 19.0 Å². The first-order valence-electron chi connectivity index (χ1n) is 7.06. The third-order valence-electron chi connectivity index (χ3n) is 2.94. The monoisotopic (exact) mass is 276 g/mol. The normalized spacial score (nSPS) is 10.4. The Morgan fingerprint density at radius 2 is 1.85 bits per heavy atom. The number of carbonyl (C=O) groups excluding carboxylic acids is 2. The number of aryl methyl sites for hydroxylation is 1. The predicted octanol–water partition coefficient (Wildman–Crippen LogP) is 2.16. The Morgan fingerprint density at radius 1 is 1.15 bits per heavy atom. The molecule has 1 aromatic rings. The molecule has 0 aliphatic rings. The summed E-state index contributed by atoms with van der Waals surface area (Å²) in [5.41, 5.74) is 2.20. The van der Waals surface area contributed by atoms with Gasteiger partial charge in [0.25, 0.3) is 0 Å². The molecule has 0 bridgehead atoms. The van der Waals surface area contributed by atoms with Crippen LogP contribution in [0.25, 0.3) is 0 Å². The minimum atomic E-state index is -0.242. The van der Waals surface area contributed by atoms with Gasteiger partial charge in [-0.3, -0.25) is 9.59 Å². The number of amides is 2. The van der Waals surface area contributed by atoms with Crippen molar-refractivity contribution >= 4 is 11.8 Å². The summed E-state index contributed by atoms with van der Waals surface area (Å²) in [6.07, 6.45) is 0.820. The molecule has 0 saturated carbocycles. The minimum Gasteiger partial charge on any atom is -0.356 e. The zero-order valence-corrected chi connectivity index (χ0v) is 12.5. The number of nitrogens with one attached hydrogen (secondary N) is 2. The van der Waals surface area contributed by atoms with Gasteiger partial charge in [-0.15, -0.1) is 0 Å². The van der Waals surface area contributed by atoms with Gasteiger partial charge in [0.05, 0.1) is 0 Å². The van der Waals surface area contributed by atoms with Crippen molar-refractivity contribution < 1.29 is 9.59 Å². The Hall–Kier alpha value is -1.84. The van der Waals surface area contributed by atoms with Crippen LogP contribution in [-0.2, 0) is 16.1 Å². The molecule has 0 fully saturated rings. The Balaban J connectivity index is 2.24. The van der Waals surface area contributed by atoms with Gasteiger partial charge in [-0.25, -0.2) is 0 Å². The highest BCUT2D eigenvalue weighted by Gasteiger charge is 2.08. The summed E-state index contributed by atoms with van der Waals surface area (Å²) in [5, 5.41) is 5.51. The summed E-state index contributed by atoms with van der Waals surface area (Å²) in [5.74, 6) is 0.0893. The van der Waals surface area contributed by atoms with Gasteiger partial charge in [0.2, 0.25) is 11.8 Å². The van der Waals surface area contributed by atoms with Gasteiger partial charge in [0.1, 0.15) is 6.42 Å². The Bertz CT molecular complexity index is 456. The summed E-state index contributed by atoms with van der Waals surface area (Å²) >= 11 is 0. The highest BCUT2D eigenvalue weighted by Crippen LogP contribution is 2.03. The van der Waals surface area contributed by atoms with E-state index in [0.717, 1.165) is 17.5 Å².